The van der Waals surface area contributed by atoms with Gasteiger partial charge in [-0.3, -0.25) is 0 Å². The third-order valence-corrected chi connectivity index (χ3v) is 5.08. The third kappa shape index (κ3) is 3.65. The summed E-state index contributed by atoms with van der Waals surface area (Å²) in [7, 11) is 0. The lowest BCUT2D eigenvalue weighted by molar-refractivity contribution is 0.0938. The van der Waals surface area contributed by atoms with Crippen molar-refractivity contribution in [2.75, 3.05) is 6.61 Å². The smallest absolute Gasteiger partial charge is 0.160 e. The zero-order valence-electron chi connectivity index (χ0n) is 13.7. The highest BCUT2D eigenvalue weighted by Gasteiger charge is 2.17. The molecule has 4 aromatic rings. The Hall–Kier alpha value is -2.22. The summed E-state index contributed by atoms with van der Waals surface area (Å²) in [5.41, 5.74) is 4.45. The van der Waals surface area contributed by atoms with Gasteiger partial charge in [0.05, 0.1) is 23.1 Å². The van der Waals surface area contributed by atoms with Crippen molar-refractivity contribution in [1.82, 2.24) is 14.5 Å². The van der Waals surface area contributed by atoms with Crippen LogP contribution in [0.25, 0.3) is 22.6 Å². The Balaban J connectivity index is 1.56. The molecule has 0 bridgehead atoms. The molecule has 0 spiro atoms. The number of aliphatic hydroxyl groups is 1. The number of hydrogen-bond acceptors (Lipinski definition) is 5. The Morgan fingerprint density at radius 2 is 1.96 bits per heavy atom. The average Bonchev–Trinajstić information content (AvgIpc) is 3.30. The van der Waals surface area contributed by atoms with Crippen LogP contribution >= 0.6 is 27.3 Å². The number of aromatic nitrogens is 3. The minimum atomic E-state index is -0.673. The Morgan fingerprint density at radius 3 is 2.73 bits per heavy atom. The fraction of sp³-hybridized carbons (Fsp3) is 0.158. The van der Waals surface area contributed by atoms with Crippen molar-refractivity contribution >= 4 is 38.3 Å². The Kier molecular flexibility index (Phi) is 5.01. The molecule has 2 aromatic carbocycles. The van der Waals surface area contributed by atoms with E-state index in [2.05, 4.69) is 25.9 Å². The second kappa shape index (κ2) is 7.57. The molecule has 0 amide bonds. The number of para-hydroxylation sites is 2. The van der Waals surface area contributed by atoms with E-state index in [1.54, 1.807) is 5.51 Å². The summed E-state index contributed by atoms with van der Waals surface area (Å²) in [5.74, 6) is 1.48. The van der Waals surface area contributed by atoms with Crippen LogP contribution in [0, 0.1) is 0 Å². The van der Waals surface area contributed by atoms with E-state index in [4.69, 9.17) is 4.74 Å². The zero-order valence-corrected chi connectivity index (χ0v) is 16.2. The van der Waals surface area contributed by atoms with E-state index >= 15 is 0 Å². The Labute approximate surface area is 163 Å². The maximum Gasteiger partial charge on any atom is 0.160 e. The molecule has 1 atom stereocenters. The van der Waals surface area contributed by atoms with Gasteiger partial charge in [0.15, 0.2) is 5.82 Å². The van der Waals surface area contributed by atoms with Crippen LogP contribution < -0.4 is 4.74 Å². The minimum absolute atomic E-state index is 0.199. The van der Waals surface area contributed by atoms with Crippen LogP contribution in [0.1, 0.15) is 0 Å². The van der Waals surface area contributed by atoms with Gasteiger partial charge in [-0.05, 0) is 36.4 Å². The van der Waals surface area contributed by atoms with Gasteiger partial charge in [-0.1, -0.05) is 28.1 Å². The van der Waals surface area contributed by atoms with Crippen LogP contribution in [0.5, 0.6) is 5.75 Å². The number of ether oxygens (including phenoxy) is 1. The van der Waals surface area contributed by atoms with Crippen LogP contribution in [-0.2, 0) is 6.54 Å². The molecule has 2 aromatic heterocycles. The lowest BCUT2D eigenvalue weighted by Crippen LogP contribution is -2.24. The maximum atomic E-state index is 10.5. The number of halogens is 1. The number of imidazole rings is 1. The van der Waals surface area contributed by atoms with Gasteiger partial charge in [-0.2, -0.15) is 0 Å². The molecule has 1 unspecified atom stereocenters. The van der Waals surface area contributed by atoms with Crippen LogP contribution in [0.3, 0.4) is 0 Å². The predicted molar refractivity (Wildman–Crippen MR) is 106 cm³/mol. The number of rotatable bonds is 6. The van der Waals surface area contributed by atoms with E-state index in [9.17, 15) is 5.11 Å². The summed E-state index contributed by atoms with van der Waals surface area (Å²) in [6.07, 6.45) is -0.673. The summed E-state index contributed by atoms with van der Waals surface area (Å²) in [4.78, 5) is 9.06. The highest BCUT2D eigenvalue weighted by atomic mass is 79.9. The molecule has 4 rings (SSSR count). The summed E-state index contributed by atoms with van der Waals surface area (Å²) < 4.78 is 8.69. The number of hydrogen-bond donors (Lipinski definition) is 1. The molecule has 7 heteroatoms. The van der Waals surface area contributed by atoms with Gasteiger partial charge < -0.3 is 14.4 Å². The fourth-order valence-electron chi connectivity index (χ4n) is 2.77. The van der Waals surface area contributed by atoms with Crippen molar-refractivity contribution in [2.24, 2.45) is 0 Å². The Morgan fingerprint density at radius 1 is 1.15 bits per heavy atom. The topological polar surface area (TPSA) is 60.2 Å². The van der Waals surface area contributed by atoms with Crippen LogP contribution in [0.4, 0.5) is 0 Å². The first kappa shape index (κ1) is 17.2. The number of fused-ring (bicyclic) bond motifs is 1. The molecule has 0 aliphatic carbocycles. The molecule has 0 saturated carbocycles. The first-order chi connectivity index (χ1) is 12.7. The number of thiazole rings is 1. The van der Waals surface area contributed by atoms with Crippen molar-refractivity contribution < 1.29 is 9.84 Å². The van der Waals surface area contributed by atoms with E-state index < -0.39 is 6.10 Å². The zero-order chi connectivity index (χ0) is 17.9. The summed E-state index contributed by atoms with van der Waals surface area (Å²) >= 11 is 4.92. The predicted octanol–water partition coefficient (Wildman–Crippen LogP) is 4.36. The lowest BCUT2D eigenvalue weighted by Gasteiger charge is -2.15. The van der Waals surface area contributed by atoms with Crippen molar-refractivity contribution in [3.8, 4) is 17.3 Å². The lowest BCUT2D eigenvalue weighted by atomic mass is 10.3. The van der Waals surface area contributed by atoms with Crippen molar-refractivity contribution in [3.05, 3.63) is 63.9 Å². The molecule has 26 heavy (non-hydrogen) atoms. The first-order valence-electron chi connectivity index (χ1n) is 8.11. The molecule has 0 saturated heterocycles. The van der Waals surface area contributed by atoms with Gasteiger partial charge in [0, 0.05) is 9.85 Å². The molecule has 1 N–H and O–H groups in total. The standard InChI is InChI=1S/C19H16BrN3O2S/c20-13-5-7-15(8-6-13)25-10-14(24)9-23-18-4-2-1-3-16(18)22-19(23)17-11-26-12-21-17/h1-8,11-12,14,24H,9-10H2. The van der Waals surface area contributed by atoms with Gasteiger partial charge >= 0.3 is 0 Å². The fourth-order valence-corrected chi connectivity index (χ4v) is 3.56. The molecule has 0 aliphatic rings. The molecular formula is C19H16BrN3O2S. The Bertz CT molecular complexity index is 999. The highest BCUT2D eigenvalue weighted by molar-refractivity contribution is 9.10. The van der Waals surface area contributed by atoms with Gasteiger partial charge in [0.2, 0.25) is 0 Å². The van der Waals surface area contributed by atoms with E-state index in [-0.39, 0.29) is 6.61 Å². The van der Waals surface area contributed by atoms with Crippen molar-refractivity contribution in [1.29, 1.82) is 0 Å². The monoisotopic (exact) mass is 429 g/mol. The molecular weight excluding hydrogens is 414 g/mol. The summed E-state index contributed by atoms with van der Waals surface area (Å²) in [5, 5.41) is 12.5. The number of aliphatic hydroxyl groups excluding tert-OH is 1. The van der Waals surface area contributed by atoms with Gasteiger partial charge in [-0.25, -0.2) is 9.97 Å². The van der Waals surface area contributed by atoms with Crippen molar-refractivity contribution in [2.45, 2.75) is 12.6 Å². The molecule has 0 fully saturated rings. The van der Waals surface area contributed by atoms with E-state index in [1.807, 2.05) is 58.5 Å². The largest absolute Gasteiger partial charge is 0.491 e. The van der Waals surface area contributed by atoms with Crippen LogP contribution in [0.15, 0.2) is 63.9 Å². The normalized spacial score (nSPS) is 12.4. The third-order valence-electron chi connectivity index (χ3n) is 3.97. The highest BCUT2D eigenvalue weighted by Crippen LogP contribution is 2.25. The second-order valence-corrected chi connectivity index (χ2v) is 7.46. The van der Waals surface area contributed by atoms with E-state index in [1.165, 1.54) is 11.3 Å². The van der Waals surface area contributed by atoms with Gasteiger partial charge in [-0.15, -0.1) is 11.3 Å². The SMILES string of the molecule is OC(COc1ccc(Br)cc1)Cn1c(-c2cscn2)nc2ccccc21. The van der Waals surface area contributed by atoms with Crippen LogP contribution in [-0.4, -0.2) is 32.4 Å². The molecule has 5 nitrogen and oxygen atoms in total. The van der Waals surface area contributed by atoms with Crippen LogP contribution in [0.2, 0.25) is 0 Å². The van der Waals surface area contributed by atoms with Crippen molar-refractivity contribution in [3.63, 3.8) is 0 Å². The molecule has 132 valence electrons. The van der Waals surface area contributed by atoms with Gasteiger partial charge in [0.1, 0.15) is 24.2 Å². The quantitative estimate of drug-likeness (QED) is 0.494. The maximum absolute atomic E-state index is 10.5. The van der Waals surface area contributed by atoms with E-state index in [0.29, 0.717) is 6.54 Å². The number of benzene rings is 2. The van der Waals surface area contributed by atoms with Gasteiger partial charge in [0.25, 0.3) is 0 Å². The average molecular weight is 430 g/mol. The molecule has 0 radical (unpaired) electrons. The second-order valence-electron chi connectivity index (χ2n) is 5.83. The number of nitrogens with zero attached hydrogens (tertiary/aromatic N) is 3. The molecule has 0 aliphatic heterocycles. The van der Waals surface area contributed by atoms with E-state index in [0.717, 1.165) is 32.8 Å². The summed E-state index contributed by atoms with van der Waals surface area (Å²) in [6.45, 7) is 0.578. The summed E-state index contributed by atoms with van der Waals surface area (Å²) in [6, 6.07) is 15.4. The minimum Gasteiger partial charge on any atom is -0.491 e. The molecule has 2 heterocycles. The first-order valence-corrected chi connectivity index (χ1v) is 9.84.